The summed E-state index contributed by atoms with van der Waals surface area (Å²) in [5.41, 5.74) is 2.34. The highest BCUT2D eigenvalue weighted by Gasteiger charge is 2.22. The first kappa shape index (κ1) is 21.2. The van der Waals surface area contributed by atoms with Gasteiger partial charge in [0.1, 0.15) is 6.61 Å². The second-order valence-corrected chi connectivity index (χ2v) is 8.02. The molecule has 1 saturated heterocycles. The van der Waals surface area contributed by atoms with Crippen molar-refractivity contribution in [3.05, 3.63) is 58.1 Å². The molecule has 3 rings (SSSR count). The fourth-order valence-corrected chi connectivity index (χ4v) is 4.39. The van der Waals surface area contributed by atoms with Gasteiger partial charge < -0.3 is 14.8 Å². The molecular formula is C23H31BrN2O2. The van der Waals surface area contributed by atoms with Gasteiger partial charge in [-0.05, 0) is 72.0 Å². The molecule has 2 aromatic rings. The Morgan fingerprint density at radius 1 is 1.11 bits per heavy atom. The Morgan fingerprint density at radius 3 is 2.68 bits per heavy atom. The summed E-state index contributed by atoms with van der Waals surface area (Å²) >= 11 is 3.68. The molecule has 0 aromatic heterocycles. The van der Waals surface area contributed by atoms with Crippen LogP contribution in [-0.2, 0) is 13.2 Å². The summed E-state index contributed by atoms with van der Waals surface area (Å²) in [5, 5.41) is 3.62. The van der Waals surface area contributed by atoms with Crippen LogP contribution in [0.2, 0.25) is 0 Å². The average Bonchev–Trinajstić information content (AvgIpc) is 3.16. The van der Waals surface area contributed by atoms with Crippen LogP contribution >= 0.6 is 15.9 Å². The van der Waals surface area contributed by atoms with Gasteiger partial charge in [-0.1, -0.05) is 37.3 Å². The van der Waals surface area contributed by atoms with Crippen molar-refractivity contribution in [1.82, 2.24) is 10.2 Å². The highest BCUT2D eigenvalue weighted by Crippen LogP contribution is 2.37. The summed E-state index contributed by atoms with van der Waals surface area (Å²) in [6.07, 6.45) is 2.61. The zero-order valence-electron chi connectivity index (χ0n) is 16.9. The SMILES string of the molecule is CCOc1cc(CNC[C@H]2CCCN2CC)cc(Br)c1OCc1ccccc1. The molecule has 1 aliphatic rings. The first-order chi connectivity index (χ1) is 13.7. The number of ether oxygens (including phenoxy) is 2. The molecule has 1 fully saturated rings. The van der Waals surface area contributed by atoms with Crippen molar-refractivity contribution in [3.8, 4) is 11.5 Å². The van der Waals surface area contributed by atoms with E-state index in [2.05, 4.69) is 57.3 Å². The number of likely N-dealkylation sites (tertiary alicyclic amines) is 1. The van der Waals surface area contributed by atoms with Gasteiger partial charge in [-0.3, -0.25) is 4.90 Å². The zero-order valence-corrected chi connectivity index (χ0v) is 18.5. The van der Waals surface area contributed by atoms with Crippen molar-refractivity contribution in [2.24, 2.45) is 0 Å². The van der Waals surface area contributed by atoms with Crippen molar-refractivity contribution >= 4 is 15.9 Å². The number of hydrogen-bond donors (Lipinski definition) is 1. The van der Waals surface area contributed by atoms with Gasteiger partial charge in [-0.2, -0.15) is 0 Å². The molecule has 0 unspecified atom stereocenters. The second kappa shape index (κ2) is 10.8. The first-order valence-corrected chi connectivity index (χ1v) is 11.1. The van der Waals surface area contributed by atoms with Crippen LogP contribution in [0.15, 0.2) is 46.9 Å². The van der Waals surface area contributed by atoms with E-state index in [0.29, 0.717) is 19.3 Å². The van der Waals surface area contributed by atoms with Crippen LogP contribution in [0.4, 0.5) is 0 Å². The van der Waals surface area contributed by atoms with Gasteiger partial charge in [0.2, 0.25) is 0 Å². The molecule has 4 nitrogen and oxygen atoms in total. The summed E-state index contributed by atoms with van der Waals surface area (Å²) in [6, 6.07) is 15.1. The fourth-order valence-electron chi connectivity index (χ4n) is 3.78. The predicted molar refractivity (Wildman–Crippen MR) is 118 cm³/mol. The highest BCUT2D eigenvalue weighted by molar-refractivity contribution is 9.10. The van der Waals surface area contributed by atoms with Gasteiger partial charge in [0.15, 0.2) is 11.5 Å². The van der Waals surface area contributed by atoms with Crippen LogP contribution < -0.4 is 14.8 Å². The largest absolute Gasteiger partial charge is 0.490 e. The molecule has 1 atom stereocenters. The molecule has 0 amide bonds. The molecule has 0 saturated carbocycles. The monoisotopic (exact) mass is 446 g/mol. The topological polar surface area (TPSA) is 33.7 Å². The van der Waals surface area contributed by atoms with E-state index >= 15 is 0 Å². The molecule has 0 radical (unpaired) electrons. The summed E-state index contributed by atoms with van der Waals surface area (Å²) in [6.45, 7) is 9.60. The molecule has 2 aromatic carbocycles. The van der Waals surface area contributed by atoms with Crippen molar-refractivity contribution in [2.75, 3.05) is 26.2 Å². The van der Waals surface area contributed by atoms with Crippen molar-refractivity contribution in [2.45, 2.75) is 45.9 Å². The lowest BCUT2D eigenvalue weighted by molar-refractivity contribution is 0.259. The Kier molecular flexibility index (Phi) is 8.19. The highest BCUT2D eigenvalue weighted by atomic mass is 79.9. The zero-order chi connectivity index (χ0) is 19.8. The summed E-state index contributed by atoms with van der Waals surface area (Å²) < 4.78 is 12.9. The van der Waals surface area contributed by atoms with Gasteiger partial charge in [-0.15, -0.1) is 0 Å². The van der Waals surface area contributed by atoms with Crippen LogP contribution in [-0.4, -0.2) is 37.2 Å². The van der Waals surface area contributed by atoms with E-state index in [9.17, 15) is 0 Å². The maximum atomic E-state index is 6.08. The minimum Gasteiger partial charge on any atom is -0.490 e. The lowest BCUT2D eigenvalue weighted by Crippen LogP contribution is -2.37. The van der Waals surface area contributed by atoms with Gasteiger partial charge in [0.25, 0.3) is 0 Å². The molecule has 1 aliphatic heterocycles. The van der Waals surface area contributed by atoms with E-state index in [1.807, 2.05) is 25.1 Å². The summed E-state index contributed by atoms with van der Waals surface area (Å²) in [5.74, 6) is 1.56. The average molecular weight is 447 g/mol. The van der Waals surface area contributed by atoms with E-state index in [1.165, 1.54) is 24.9 Å². The lowest BCUT2D eigenvalue weighted by Gasteiger charge is -2.23. The third-order valence-electron chi connectivity index (χ3n) is 5.21. The minimum absolute atomic E-state index is 0.519. The molecule has 0 bridgehead atoms. The van der Waals surface area contributed by atoms with Crippen LogP contribution in [0.25, 0.3) is 0 Å². The van der Waals surface area contributed by atoms with Crippen LogP contribution in [0.1, 0.15) is 37.8 Å². The van der Waals surface area contributed by atoms with Gasteiger partial charge in [0, 0.05) is 19.1 Å². The van der Waals surface area contributed by atoms with E-state index in [-0.39, 0.29) is 0 Å². The summed E-state index contributed by atoms with van der Waals surface area (Å²) in [4.78, 5) is 2.56. The molecule has 0 spiro atoms. The molecule has 1 heterocycles. The Balaban J connectivity index is 1.62. The number of rotatable bonds is 10. The van der Waals surface area contributed by atoms with E-state index in [4.69, 9.17) is 9.47 Å². The normalized spacial score (nSPS) is 17.0. The Hall–Kier alpha value is -1.56. The summed E-state index contributed by atoms with van der Waals surface area (Å²) in [7, 11) is 0. The second-order valence-electron chi connectivity index (χ2n) is 7.17. The van der Waals surface area contributed by atoms with Gasteiger partial charge >= 0.3 is 0 Å². The number of hydrogen-bond acceptors (Lipinski definition) is 4. The van der Waals surface area contributed by atoms with Crippen molar-refractivity contribution in [3.63, 3.8) is 0 Å². The van der Waals surface area contributed by atoms with E-state index in [0.717, 1.165) is 41.2 Å². The first-order valence-electron chi connectivity index (χ1n) is 10.3. The maximum Gasteiger partial charge on any atom is 0.175 e. The van der Waals surface area contributed by atoms with Crippen molar-refractivity contribution < 1.29 is 9.47 Å². The number of benzene rings is 2. The van der Waals surface area contributed by atoms with Gasteiger partial charge in [-0.25, -0.2) is 0 Å². The minimum atomic E-state index is 0.519. The van der Waals surface area contributed by atoms with E-state index < -0.39 is 0 Å². The molecule has 28 heavy (non-hydrogen) atoms. The molecular weight excluding hydrogens is 416 g/mol. The molecule has 1 N–H and O–H groups in total. The predicted octanol–water partition coefficient (Wildman–Crippen LogP) is 5.00. The number of halogens is 1. The van der Waals surface area contributed by atoms with E-state index in [1.54, 1.807) is 0 Å². The van der Waals surface area contributed by atoms with Crippen LogP contribution in [0, 0.1) is 0 Å². The third kappa shape index (κ3) is 5.72. The van der Waals surface area contributed by atoms with Crippen LogP contribution in [0.5, 0.6) is 11.5 Å². The smallest absolute Gasteiger partial charge is 0.175 e. The maximum absolute atomic E-state index is 6.08. The number of likely N-dealkylation sites (N-methyl/N-ethyl adjacent to an activating group) is 1. The fraction of sp³-hybridized carbons (Fsp3) is 0.478. The quantitative estimate of drug-likeness (QED) is 0.556. The third-order valence-corrected chi connectivity index (χ3v) is 5.80. The molecule has 152 valence electrons. The molecule has 0 aliphatic carbocycles. The standard InChI is InChI=1S/C23H31BrN2O2/c1-3-26-12-8-11-20(26)16-25-15-19-13-21(24)23(22(14-19)27-4-2)28-17-18-9-6-5-7-10-18/h5-7,9-10,13-14,20,25H,3-4,8,11-12,15-17H2,1-2H3/t20-/m1/s1. The number of nitrogens with one attached hydrogen (secondary N) is 1. The van der Waals surface area contributed by atoms with Crippen molar-refractivity contribution in [1.29, 1.82) is 0 Å². The van der Waals surface area contributed by atoms with Gasteiger partial charge in [0.05, 0.1) is 11.1 Å². The number of nitrogens with zero attached hydrogens (tertiary/aromatic N) is 1. The molecule has 5 heteroatoms. The van der Waals surface area contributed by atoms with Crippen LogP contribution in [0.3, 0.4) is 0 Å². The lowest BCUT2D eigenvalue weighted by atomic mass is 10.1. The Bertz CT molecular complexity index is 739. The Labute approximate surface area is 177 Å². The Morgan fingerprint density at radius 2 is 1.93 bits per heavy atom.